The van der Waals surface area contributed by atoms with Gasteiger partial charge >= 0.3 is 0 Å². The van der Waals surface area contributed by atoms with Gasteiger partial charge in [0.05, 0.1) is 25.6 Å². The van der Waals surface area contributed by atoms with Crippen molar-refractivity contribution in [2.75, 3.05) is 30.9 Å². The minimum absolute atomic E-state index is 0.407. The quantitative estimate of drug-likeness (QED) is 0.599. The van der Waals surface area contributed by atoms with E-state index in [1.54, 1.807) is 13.3 Å². The highest BCUT2D eigenvalue weighted by Gasteiger charge is 2.07. The number of methoxy groups -OCH3 is 1. The highest BCUT2D eigenvalue weighted by atomic mass is 16.5. The Hall–Kier alpha value is -3.35. The maximum absolute atomic E-state index is 5.61. The summed E-state index contributed by atoms with van der Waals surface area (Å²) >= 11 is 0. The molecule has 7 heteroatoms. The van der Waals surface area contributed by atoms with Gasteiger partial charge in [0, 0.05) is 6.54 Å². The third-order valence-corrected chi connectivity index (χ3v) is 3.89. The van der Waals surface area contributed by atoms with E-state index in [2.05, 4.69) is 31.9 Å². The normalized spacial score (nSPS) is 10.3. The summed E-state index contributed by atoms with van der Waals surface area (Å²) in [6.45, 7) is 3.23. The summed E-state index contributed by atoms with van der Waals surface area (Å²) in [6, 6.07) is 15.6. The van der Waals surface area contributed by atoms with E-state index in [9.17, 15) is 0 Å². The van der Waals surface area contributed by atoms with Gasteiger partial charge in [-0.15, -0.1) is 5.10 Å². The van der Waals surface area contributed by atoms with Gasteiger partial charge in [0.15, 0.2) is 5.82 Å². The zero-order valence-electron chi connectivity index (χ0n) is 15.5. The fraction of sp³-hybridized carbons (Fsp3) is 0.250. The van der Waals surface area contributed by atoms with Gasteiger partial charge in [-0.05, 0) is 37.1 Å². The van der Waals surface area contributed by atoms with Gasteiger partial charge in [-0.3, -0.25) is 0 Å². The lowest BCUT2D eigenvalue weighted by atomic mass is 10.1. The number of nitrogens with one attached hydrogen (secondary N) is 2. The number of hydrogen-bond donors (Lipinski definition) is 2. The zero-order chi connectivity index (χ0) is 18.9. The van der Waals surface area contributed by atoms with Gasteiger partial charge in [0.2, 0.25) is 5.95 Å². The Bertz CT molecular complexity index is 872. The Labute approximate surface area is 158 Å². The van der Waals surface area contributed by atoms with Crippen molar-refractivity contribution in [3.63, 3.8) is 0 Å². The first-order chi connectivity index (χ1) is 13.3. The molecule has 0 radical (unpaired) electrons. The van der Waals surface area contributed by atoms with Crippen LogP contribution in [0.25, 0.3) is 0 Å². The molecule has 0 amide bonds. The molecule has 3 aromatic rings. The molecule has 0 aliphatic rings. The van der Waals surface area contributed by atoms with E-state index < -0.39 is 0 Å². The predicted molar refractivity (Wildman–Crippen MR) is 106 cm³/mol. The molecule has 0 aliphatic heterocycles. The molecule has 0 bridgehead atoms. The minimum Gasteiger partial charge on any atom is -0.496 e. The minimum atomic E-state index is 0.407. The first-order valence-electron chi connectivity index (χ1n) is 8.84. The molecule has 1 heterocycles. The summed E-state index contributed by atoms with van der Waals surface area (Å²) in [4.78, 5) is 4.46. The third-order valence-electron chi connectivity index (χ3n) is 3.89. The van der Waals surface area contributed by atoms with Crippen LogP contribution in [-0.4, -0.2) is 35.4 Å². The van der Waals surface area contributed by atoms with Crippen molar-refractivity contribution in [2.45, 2.75) is 13.3 Å². The van der Waals surface area contributed by atoms with Gasteiger partial charge < -0.3 is 20.1 Å². The highest BCUT2D eigenvalue weighted by Crippen LogP contribution is 2.26. The van der Waals surface area contributed by atoms with E-state index in [1.807, 2.05) is 49.4 Å². The Morgan fingerprint density at radius 2 is 1.78 bits per heavy atom. The monoisotopic (exact) mass is 365 g/mol. The molecule has 140 valence electrons. The number of nitrogens with zero attached hydrogens (tertiary/aromatic N) is 3. The van der Waals surface area contributed by atoms with Crippen molar-refractivity contribution in [1.29, 1.82) is 0 Å². The molecule has 0 spiro atoms. The van der Waals surface area contributed by atoms with Crippen LogP contribution in [0, 0.1) is 0 Å². The Kier molecular flexibility index (Phi) is 6.40. The van der Waals surface area contributed by atoms with Crippen LogP contribution < -0.4 is 20.1 Å². The molecule has 0 atom stereocenters. The first-order valence-corrected chi connectivity index (χ1v) is 8.84. The first kappa shape index (κ1) is 18.4. The maximum Gasteiger partial charge on any atom is 0.249 e. The molecular weight excluding hydrogens is 342 g/mol. The number of benzene rings is 2. The summed E-state index contributed by atoms with van der Waals surface area (Å²) in [5.41, 5.74) is 1.94. The lowest BCUT2D eigenvalue weighted by molar-refractivity contribution is 0.342. The highest BCUT2D eigenvalue weighted by molar-refractivity contribution is 5.62. The number of anilines is 3. The molecule has 27 heavy (non-hydrogen) atoms. The molecule has 2 N–H and O–H groups in total. The van der Waals surface area contributed by atoms with E-state index in [0.717, 1.165) is 29.2 Å². The number of ether oxygens (including phenoxy) is 2. The van der Waals surface area contributed by atoms with E-state index in [4.69, 9.17) is 9.47 Å². The van der Waals surface area contributed by atoms with E-state index in [1.165, 1.54) is 0 Å². The fourth-order valence-corrected chi connectivity index (χ4v) is 2.65. The van der Waals surface area contributed by atoms with Crippen LogP contribution >= 0.6 is 0 Å². The largest absolute Gasteiger partial charge is 0.496 e. The summed E-state index contributed by atoms with van der Waals surface area (Å²) in [7, 11) is 1.68. The van der Waals surface area contributed by atoms with Crippen LogP contribution in [0.3, 0.4) is 0 Å². The Morgan fingerprint density at radius 3 is 2.59 bits per heavy atom. The molecule has 0 unspecified atom stereocenters. The van der Waals surface area contributed by atoms with Crippen molar-refractivity contribution < 1.29 is 9.47 Å². The fourth-order valence-electron chi connectivity index (χ4n) is 2.65. The Balaban J connectivity index is 1.62. The van der Waals surface area contributed by atoms with Crippen LogP contribution in [0.15, 0.2) is 54.7 Å². The van der Waals surface area contributed by atoms with Crippen LogP contribution in [0.1, 0.15) is 12.5 Å². The topological polar surface area (TPSA) is 81.2 Å². The molecule has 7 nitrogen and oxygen atoms in total. The van der Waals surface area contributed by atoms with Gasteiger partial charge in [0.25, 0.3) is 0 Å². The van der Waals surface area contributed by atoms with Gasteiger partial charge in [-0.2, -0.15) is 10.1 Å². The lowest BCUT2D eigenvalue weighted by Crippen LogP contribution is -2.09. The molecule has 2 aromatic carbocycles. The van der Waals surface area contributed by atoms with Crippen molar-refractivity contribution >= 4 is 17.5 Å². The second-order valence-corrected chi connectivity index (χ2v) is 5.71. The summed E-state index contributed by atoms with van der Waals surface area (Å²) in [6.07, 6.45) is 2.41. The van der Waals surface area contributed by atoms with Gasteiger partial charge in [0.1, 0.15) is 11.5 Å². The van der Waals surface area contributed by atoms with Crippen LogP contribution in [0.5, 0.6) is 11.5 Å². The number of para-hydroxylation sites is 3. The number of hydrogen-bond acceptors (Lipinski definition) is 7. The van der Waals surface area contributed by atoms with Crippen molar-refractivity contribution in [3.05, 3.63) is 60.3 Å². The van der Waals surface area contributed by atoms with E-state index in [-0.39, 0.29) is 0 Å². The van der Waals surface area contributed by atoms with Crippen molar-refractivity contribution in [2.24, 2.45) is 0 Å². The molecule has 0 fully saturated rings. The summed E-state index contributed by atoms with van der Waals surface area (Å²) in [5, 5.41) is 14.5. The average molecular weight is 365 g/mol. The predicted octanol–water partition coefficient (Wildman–Crippen LogP) is 3.68. The zero-order valence-corrected chi connectivity index (χ0v) is 15.5. The van der Waals surface area contributed by atoms with Gasteiger partial charge in [-0.1, -0.05) is 30.3 Å². The van der Waals surface area contributed by atoms with Crippen LogP contribution in [0.2, 0.25) is 0 Å². The SMILES string of the molecule is CCOc1ccccc1Nc1nncc(NCCc2ccccc2OC)n1. The molecule has 0 saturated carbocycles. The number of aromatic nitrogens is 3. The smallest absolute Gasteiger partial charge is 0.249 e. The van der Waals surface area contributed by atoms with Crippen molar-refractivity contribution in [1.82, 2.24) is 15.2 Å². The van der Waals surface area contributed by atoms with Crippen LogP contribution in [0.4, 0.5) is 17.5 Å². The second-order valence-electron chi connectivity index (χ2n) is 5.71. The summed E-state index contributed by atoms with van der Waals surface area (Å²) < 4.78 is 11.0. The third kappa shape index (κ3) is 5.07. The number of rotatable bonds is 9. The van der Waals surface area contributed by atoms with Crippen molar-refractivity contribution in [3.8, 4) is 11.5 Å². The average Bonchev–Trinajstić information content (AvgIpc) is 2.70. The molecule has 1 aromatic heterocycles. The van der Waals surface area contributed by atoms with Gasteiger partial charge in [-0.25, -0.2) is 0 Å². The molecule has 0 saturated heterocycles. The molecule has 3 rings (SSSR count). The molecular formula is C20H23N5O2. The lowest BCUT2D eigenvalue weighted by Gasteiger charge is -2.12. The van der Waals surface area contributed by atoms with E-state index in [0.29, 0.717) is 24.9 Å². The molecule has 0 aliphatic carbocycles. The summed E-state index contributed by atoms with van der Waals surface area (Å²) in [5.74, 6) is 2.69. The van der Waals surface area contributed by atoms with E-state index >= 15 is 0 Å². The second kappa shape index (κ2) is 9.38. The maximum atomic E-state index is 5.61. The van der Waals surface area contributed by atoms with Crippen LogP contribution in [-0.2, 0) is 6.42 Å². The standard InChI is InChI=1S/C20H23N5O2/c1-3-27-18-11-7-5-9-16(18)23-20-24-19(14-22-25-20)21-13-12-15-8-4-6-10-17(15)26-2/h4-11,14H,3,12-13H2,1-2H3,(H2,21,23,24,25). The Morgan fingerprint density at radius 1 is 1.00 bits per heavy atom.